The van der Waals surface area contributed by atoms with Crippen LogP contribution < -0.4 is 11.1 Å². The highest BCUT2D eigenvalue weighted by Gasteiger charge is 2.27. The summed E-state index contributed by atoms with van der Waals surface area (Å²) in [6.07, 6.45) is 12.0. The Labute approximate surface area is 139 Å². The van der Waals surface area contributed by atoms with E-state index in [1.165, 1.54) is 57.8 Å². The van der Waals surface area contributed by atoms with E-state index >= 15 is 0 Å². The lowest BCUT2D eigenvalue weighted by atomic mass is 10.1. The zero-order chi connectivity index (χ0) is 16.7. The first kappa shape index (κ1) is 22.1. The second-order valence-corrected chi connectivity index (χ2v) is 10.1. The molecule has 134 valence electrons. The lowest BCUT2D eigenvalue weighted by Crippen LogP contribution is -2.35. The standard InChI is InChI=1S/C17H40N2O2Si/c1-17(19-15-14-18)13-11-9-7-5-6-8-10-12-16-22(4,20-2)21-3/h17,19H,5-16,18H2,1-4H3. The highest BCUT2D eigenvalue weighted by molar-refractivity contribution is 6.65. The largest absolute Gasteiger partial charge is 0.398 e. The first-order chi connectivity index (χ1) is 10.6. The summed E-state index contributed by atoms with van der Waals surface area (Å²) >= 11 is 0. The van der Waals surface area contributed by atoms with Crippen molar-refractivity contribution in [3.63, 3.8) is 0 Å². The van der Waals surface area contributed by atoms with Gasteiger partial charge in [-0.3, -0.25) is 0 Å². The number of hydrogen-bond acceptors (Lipinski definition) is 4. The van der Waals surface area contributed by atoms with Gasteiger partial charge in [0.1, 0.15) is 0 Å². The lowest BCUT2D eigenvalue weighted by Gasteiger charge is -2.22. The Kier molecular flexibility index (Phi) is 14.7. The minimum Gasteiger partial charge on any atom is -0.398 e. The van der Waals surface area contributed by atoms with Crippen molar-refractivity contribution < 1.29 is 8.85 Å². The molecule has 3 N–H and O–H groups in total. The van der Waals surface area contributed by atoms with Crippen molar-refractivity contribution in [3.8, 4) is 0 Å². The molecule has 22 heavy (non-hydrogen) atoms. The molecule has 0 aromatic heterocycles. The molecule has 0 aromatic rings. The van der Waals surface area contributed by atoms with Gasteiger partial charge in [0.25, 0.3) is 0 Å². The lowest BCUT2D eigenvalue weighted by molar-refractivity contribution is 0.248. The molecule has 0 heterocycles. The third-order valence-corrected chi connectivity index (χ3v) is 7.51. The number of unbranched alkanes of at least 4 members (excludes halogenated alkanes) is 7. The maximum atomic E-state index is 5.51. The van der Waals surface area contributed by atoms with Crippen LogP contribution in [0.15, 0.2) is 0 Å². The van der Waals surface area contributed by atoms with Crippen LogP contribution in [0.25, 0.3) is 0 Å². The molecule has 0 fully saturated rings. The third kappa shape index (κ3) is 12.6. The Bertz CT molecular complexity index is 239. The van der Waals surface area contributed by atoms with Gasteiger partial charge in [0, 0.05) is 33.4 Å². The maximum Gasteiger partial charge on any atom is 0.334 e. The molecule has 0 radical (unpaired) electrons. The predicted octanol–water partition coefficient (Wildman–Crippen LogP) is 3.80. The van der Waals surface area contributed by atoms with Gasteiger partial charge in [0.15, 0.2) is 0 Å². The molecule has 0 bridgehead atoms. The summed E-state index contributed by atoms with van der Waals surface area (Å²) in [6, 6.07) is 1.73. The summed E-state index contributed by atoms with van der Waals surface area (Å²) in [5.41, 5.74) is 5.49. The molecular weight excluding hydrogens is 292 g/mol. The van der Waals surface area contributed by atoms with Gasteiger partial charge in [-0.15, -0.1) is 0 Å². The van der Waals surface area contributed by atoms with Gasteiger partial charge in [-0.1, -0.05) is 51.4 Å². The van der Waals surface area contributed by atoms with Crippen LogP contribution in [0.1, 0.15) is 64.7 Å². The second-order valence-electron chi connectivity index (χ2n) is 6.55. The van der Waals surface area contributed by atoms with Gasteiger partial charge in [0.2, 0.25) is 0 Å². The van der Waals surface area contributed by atoms with E-state index in [0.717, 1.165) is 19.1 Å². The molecule has 4 nitrogen and oxygen atoms in total. The van der Waals surface area contributed by atoms with E-state index < -0.39 is 8.56 Å². The summed E-state index contributed by atoms with van der Waals surface area (Å²) in [4.78, 5) is 0. The zero-order valence-corrected chi connectivity index (χ0v) is 16.5. The van der Waals surface area contributed by atoms with Crippen LogP contribution in [0, 0.1) is 0 Å². The average molecular weight is 333 g/mol. The Morgan fingerprint density at radius 1 is 0.909 bits per heavy atom. The monoisotopic (exact) mass is 332 g/mol. The number of nitrogens with two attached hydrogens (primary N) is 1. The van der Waals surface area contributed by atoms with Crippen molar-refractivity contribution in [1.29, 1.82) is 0 Å². The number of nitrogens with one attached hydrogen (secondary N) is 1. The minimum atomic E-state index is -1.82. The first-order valence-corrected chi connectivity index (χ1v) is 11.6. The fraction of sp³-hybridized carbons (Fsp3) is 1.00. The Morgan fingerprint density at radius 3 is 1.91 bits per heavy atom. The van der Waals surface area contributed by atoms with Crippen LogP contribution in [0.5, 0.6) is 0 Å². The zero-order valence-electron chi connectivity index (χ0n) is 15.5. The second kappa shape index (κ2) is 14.6. The van der Waals surface area contributed by atoms with E-state index in [-0.39, 0.29) is 0 Å². The van der Waals surface area contributed by atoms with Gasteiger partial charge in [0.05, 0.1) is 0 Å². The van der Waals surface area contributed by atoms with Gasteiger partial charge in [-0.05, 0) is 25.9 Å². The van der Waals surface area contributed by atoms with Crippen LogP contribution in [0.3, 0.4) is 0 Å². The summed E-state index contributed by atoms with van der Waals surface area (Å²) in [5.74, 6) is 0. The molecule has 0 aliphatic rings. The van der Waals surface area contributed by atoms with Crippen molar-refractivity contribution in [2.75, 3.05) is 27.3 Å². The average Bonchev–Trinajstić information content (AvgIpc) is 2.54. The maximum absolute atomic E-state index is 5.51. The Balaban J connectivity index is 3.27. The third-order valence-electron chi connectivity index (χ3n) is 4.52. The molecule has 0 saturated heterocycles. The van der Waals surface area contributed by atoms with Gasteiger partial charge in [-0.2, -0.15) is 0 Å². The fourth-order valence-electron chi connectivity index (χ4n) is 2.68. The molecule has 5 heteroatoms. The molecule has 0 amide bonds. The molecular formula is C17H40N2O2Si. The number of rotatable bonds is 16. The normalized spacial score (nSPS) is 13.5. The van der Waals surface area contributed by atoms with E-state index in [9.17, 15) is 0 Å². The molecule has 0 aliphatic heterocycles. The van der Waals surface area contributed by atoms with E-state index in [2.05, 4.69) is 18.8 Å². The smallest absolute Gasteiger partial charge is 0.334 e. The highest BCUT2D eigenvalue weighted by Crippen LogP contribution is 2.17. The van der Waals surface area contributed by atoms with Crippen LogP contribution in [-0.2, 0) is 8.85 Å². The highest BCUT2D eigenvalue weighted by atomic mass is 28.4. The fourth-order valence-corrected chi connectivity index (χ4v) is 4.14. The predicted molar refractivity (Wildman–Crippen MR) is 98.5 cm³/mol. The van der Waals surface area contributed by atoms with Gasteiger partial charge in [-0.25, -0.2) is 0 Å². The molecule has 0 rings (SSSR count). The van der Waals surface area contributed by atoms with Crippen molar-refractivity contribution in [2.24, 2.45) is 5.73 Å². The van der Waals surface area contributed by atoms with Gasteiger partial charge >= 0.3 is 8.56 Å². The van der Waals surface area contributed by atoms with Crippen LogP contribution in [0.4, 0.5) is 0 Å². The van der Waals surface area contributed by atoms with Crippen molar-refractivity contribution in [3.05, 3.63) is 0 Å². The minimum absolute atomic E-state index is 0.614. The van der Waals surface area contributed by atoms with Crippen LogP contribution in [0.2, 0.25) is 12.6 Å². The van der Waals surface area contributed by atoms with E-state index in [1.54, 1.807) is 14.2 Å². The van der Waals surface area contributed by atoms with E-state index in [4.69, 9.17) is 14.6 Å². The van der Waals surface area contributed by atoms with Crippen LogP contribution in [-0.4, -0.2) is 41.9 Å². The molecule has 0 aliphatic carbocycles. The Morgan fingerprint density at radius 2 is 1.41 bits per heavy atom. The first-order valence-electron chi connectivity index (χ1n) is 9.11. The molecule has 0 spiro atoms. The molecule has 0 aromatic carbocycles. The molecule has 1 atom stereocenters. The molecule has 0 saturated carbocycles. The number of hydrogen-bond donors (Lipinski definition) is 2. The Hall–Kier alpha value is 0.0569. The van der Waals surface area contributed by atoms with Gasteiger partial charge < -0.3 is 19.9 Å². The summed E-state index contributed by atoms with van der Waals surface area (Å²) in [6.45, 7) is 6.08. The topological polar surface area (TPSA) is 56.5 Å². The van der Waals surface area contributed by atoms with Crippen LogP contribution >= 0.6 is 0 Å². The van der Waals surface area contributed by atoms with E-state index in [1.807, 2.05) is 0 Å². The summed E-state index contributed by atoms with van der Waals surface area (Å²) in [5, 5.41) is 3.44. The SMILES string of the molecule is CO[Si](C)(CCCCCCCCCCC(C)NCCN)OC. The quantitative estimate of drug-likeness (QED) is 0.333. The molecule has 1 unspecified atom stereocenters. The summed E-state index contributed by atoms with van der Waals surface area (Å²) < 4.78 is 11.0. The van der Waals surface area contributed by atoms with Crippen molar-refractivity contribution in [2.45, 2.75) is 83.3 Å². The summed E-state index contributed by atoms with van der Waals surface area (Å²) in [7, 11) is 1.74. The van der Waals surface area contributed by atoms with Crippen molar-refractivity contribution >= 4 is 8.56 Å². The van der Waals surface area contributed by atoms with Crippen molar-refractivity contribution in [1.82, 2.24) is 5.32 Å². The van der Waals surface area contributed by atoms with E-state index in [0.29, 0.717) is 6.04 Å².